The zero-order valence-corrected chi connectivity index (χ0v) is 12.4. The molecule has 0 radical (unpaired) electrons. The van der Waals surface area contributed by atoms with E-state index in [1.807, 2.05) is 25.1 Å². The number of rotatable bonds is 3. The molecule has 20 heavy (non-hydrogen) atoms. The van der Waals surface area contributed by atoms with Crippen molar-refractivity contribution in [3.63, 3.8) is 0 Å². The van der Waals surface area contributed by atoms with Crippen LogP contribution in [0.5, 0.6) is 0 Å². The second-order valence-electron chi connectivity index (χ2n) is 6.07. The molecule has 2 aromatic rings. The van der Waals surface area contributed by atoms with Crippen molar-refractivity contribution >= 4 is 22.6 Å². The van der Waals surface area contributed by atoms with E-state index < -0.39 is 6.04 Å². The molecular formula is C15H22N4O. The number of nitrogens with zero attached hydrogens (tertiary/aromatic N) is 1. The highest BCUT2D eigenvalue weighted by atomic mass is 16.2. The lowest BCUT2D eigenvalue weighted by Crippen LogP contribution is -2.34. The topological polar surface area (TPSA) is 83.8 Å². The number of fused-ring (bicyclic) bond motifs is 1. The van der Waals surface area contributed by atoms with Gasteiger partial charge in [0.05, 0.1) is 17.1 Å². The van der Waals surface area contributed by atoms with Crippen LogP contribution in [0.4, 0.5) is 5.69 Å². The first-order valence-electron chi connectivity index (χ1n) is 6.88. The molecule has 1 amide bonds. The summed E-state index contributed by atoms with van der Waals surface area (Å²) in [6, 6.07) is 5.15. The number of aromatic nitrogens is 2. The number of carbonyl (C=O) groups is 1. The van der Waals surface area contributed by atoms with Crippen LogP contribution < -0.4 is 11.1 Å². The number of nitrogens with two attached hydrogens (primary N) is 1. The number of H-pyrrole nitrogens is 1. The van der Waals surface area contributed by atoms with Crippen LogP contribution in [0.3, 0.4) is 0 Å². The number of benzene rings is 1. The molecule has 0 bridgehead atoms. The zero-order chi connectivity index (χ0) is 14.9. The second-order valence-corrected chi connectivity index (χ2v) is 6.07. The Kier molecular flexibility index (Phi) is 3.81. The predicted octanol–water partition coefficient (Wildman–Crippen LogP) is 2.54. The maximum atomic E-state index is 11.8. The van der Waals surface area contributed by atoms with Crippen LogP contribution in [-0.4, -0.2) is 21.9 Å². The molecule has 5 heteroatoms. The van der Waals surface area contributed by atoms with Crippen LogP contribution in [-0.2, 0) is 10.2 Å². The fourth-order valence-electron chi connectivity index (χ4n) is 1.86. The molecule has 5 nitrogen and oxygen atoms in total. The van der Waals surface area contributed by atoms with Crippen molar-refractivity contribution in [3.8, 4) is 0 Å². The van der Waals surface area contributed by atoms with E-state index in [1.165, 1.54) is 0 Å². The van der Waals surface area contributed by atoms with Gasteiger partial charge in [-0.25, -0.2) is 4.98 Å². The molecule has 1 heterocycles. The quantitative estimate of drug-likeness (QED) is 0.804. The second kappa shape index (κ2) is 5.25. The van der Waals surface area contributed by atoms with Crippen molar-refractivity contribution in [2.24, 2.45) is 5.73 Å². The zero-order valence-electron chi connectivity index (χ0n) is 12.4. The highest BCUT2D eigenvalue weighted by molar-refractivity contribution is 5.96. The van der Waals surface area contributed by atoms with Crippen LogP contribution in [0.1, 0.15) is 39.9 Å². The first kappa shape index (κ1) is 14.5. The van der Waals surface area contributed by atoms with E-state index in [9.17, 15) is 4.79 Å². The van der Waals surface area contributed by atoms with Crippen LogP contribution >= 0.6 is 0 Å². The lowest BCUT2D eigenvalue weighted by atomic mass is 9.96. The van der Waals surface area contributed by atoms with E-state index >= 15 is 0 Å². The Morgan fingerprint density at radius 2 is 2.15 bits per heavy atom. The molecule has 1 aromatic carbocycles. The van der Waals surface area contributed by atoms with E-state index in [2.05, 4.69) is 36.1 Å². The summed E-state index contributed by atoms with van der Waals surface area (Å²) in [5, 5.41) is 2.82. The third kappa shape index (κ3) is 2.99. The van der Waals surface area contributed by atoms with E-state index in [0.717, 1.165) is 22.5 Å². The highest BCUT2D eigenvalue weighted by Gasteiger charge is 2.18. The Balaban J connectivity index is 2.27. The monoisotopic (exact) mass is 274 g/mol. The van der Waals surface area contributed by atoms with Crippen LogP contribution in [0.25, 0.3) is 11.0 Å². The van der Waals surface area contributed by atoms with Crippen LogP contribution in [0.15, 0.2) is 18.2 Å². The summed E-state index contributed by atoms with van der Waals surface area (Å²) in [5.74, 6) is 0.767. The number of nitrogens with one attached hydrogen (secondary N) is 2. The minimum Gasteiger partial charge on any atom is -0.341 e. The average molecular weight is 274 g/mol. The van der Waals surface area contributed by atoms with Gasteiger partial charge in [-0.1, -0.05) is 27.7 Å². The standard InChI is InChI=1S/C15H22N4O/c1-5-10(16)13(20)17-9-6-7-11-12(8-9)19-14(18-11)15(2,3)4/h6-8,10H,5,16H2,1-4H3,(H,17,20)(H,18,19). The van der Waals surface area contributed by atoms with Crippen molar-refractivity contribution in [2.45, 2.75) is 45.6 Å². The van der Waals surface area contributed by atoms with Gasteiger partial charge in [-0.2, -0.15) is 0 Å². The van der Waals surface area contributed by atoms with Gasteiger partial charge in [0, 0.05) is 11.1 Å². The number of aromatic amines is 1. The van der Waals surface area contributed by atoms with Gasteiger partial charge >= 0.3 is 0 Å². The van der Waals surface area contributed by atoms with Gasteiger partial charge in [0.25, 0.3) is 0 Å². The molecule has 108 valence electrons. The van der Waals surface area contributed by atoms with Gasteiger partial charge in [-0.05, 0) is 24.6 Å². The molecule has 2 rings (SSSR count). The fraction of sp³-hybridized carbons (Fsp3) is 0.467. The van der Waals surface area contributed by atoms with Crippen molar-refractivity contribution in [1.82, 2.24) is 9.97 Å². The van der Waals surface area contributed by atoms with Gasteiger partial charge in [0.1, 0.15) is 5.82 Å². The normalized spacial score (nSPS) is 13.4. The number of anilines is 1. The van der Waals surface area contributed by atoms with Gasteiger partial charge < -0.3 is 16.0 Å². The molecule has 0 saturated carbocycles. The first-order valence-corrected chi connectivity index (χ1v) is 6.88. The summed E-state index contributed by atoms with van der Waals surface area (Å²) in [4.78, 5) is 19.6. The molecule has 4 N–H and O–H groups in total. The highest BCUT2D eigenvalue weighted by Crippen LogP contribution is 2.24. The van der Waals surface area contributed by atoms with Gasteiger partial charge in [-0.3, -0.25) is 4.79 Å². The fourth-order valence-corrected chi connectivity index (χ4v) is 1.86. The van der Waals surface area contributed by atoms with Crippen LogP contribution in [0, 0.1) is 0 Å². The Bertz CT molecular complexity index is 624. The molecule has 0 spiro atoms. The lowest BCUT2D eigenvalue weighted by Gasteiger charge is -2.13. The Hall–Kier alpha value is -1.88. The molecular weight excluding hydrogens is 252 g/mol. The smallest absolute Gasteiger partial charge is 0.241 e. The van der Waals surface area contributed by atoms with E-state index in [1.54, 1.807) is 0 Å². The van der Waals surface area contributed by atoms with Gasteiger partial charge in [-0.15, -0.1) is 0 Å². The summed E-state index contributed by atoms with van der Waals surface area (Å²) in [7, 11) is 0. The summed E-state index contributed by atoms with van der Waals surface area (Å²) in [6.45, 7) is 8.20. The minimum atomic E-state index is -0.474. The molecule has 1 atom stereocenters. The number of carbonyl (C=O) groups excluding carboxylic acids is 1. The number of hydrogen-bond acceptors (Lipinski definition) is 3. The summed E-state index contributed by atoms with van der Waals surface area (Å²) >= 11 is 0. The third-order valence-electron chi connectivity index (χ3n) is 3.24. The number of hydrogen-bond donors (Lipinski definition) is 3. The lowest BCUT2D eigenvalue weighted by molar-refractivity contribution is -0.117. The average Bonchev–Trinajstić information content (AvgIpc) is 2.80. The molecule has 0 aliphatic carbocycles. The molecule has 0 saturated heterocycles. The van der Waals surface area contributed by atoms with Crippen LogP contribution in [0.2, 0.25) is 0 Å². The summed E-state index contributed by atoms with van der Waals surface area (Å²) in [6.07, 6.45) is 0.617. The minimum absolute atomic E-state index is 0.0347. The first-order chi connectivity index (χ1) is 9.31. The number of amides is 1. The number of imidazole rings is 1. The van der Waals surface area contributed by atoms with Crippen molar-refractivity contribution < 1.29 is 4.79 Å². The summed E-state index contributed by atoms with van der Waals surface area (Å²) in [5.41, 5.74) is 8.21. The van der Waals surface area contributed by atoms with E-state index in [0.29, 0.717) is 6.42 Å². The van der Waals surface area contributed by atoms with E-state index in [4.69, 9.17) is 5.73 Å². The largest absolute Gasteiger partial charge is 0.341 e. The van der Waals surface area contributed by atoms with Crippen molar-refractivity contribution in [3.05, 3.63) is 24.0 Å². The summed E-state index contributed by atoms with van der Waals surface area (Å²) < 4.78 is 0. The molecule has 1 unspecified atom stereocenters. The molecule has 0 aliphatic heterocycles. The Morgan fingerprint density at radius 1 is 1.45 bits per heavy atom. The van der Waals surface area contributed by atoms with Gasteiger partial charge in [0.2, 0.25) is 5.91 Å². The Morgan fingerprint density at radius 3 is 2.75 bits per heavy atom. The molecule has 1 aromatic heterocycles. The predicted molar refractivity (Wildman–Crippen MR) is 81.7 cm³/mol. The van der Waals surface area contributed by atoms with Gasteiger partial charge in [0.15, 0.2) is 0 Å². The Labute approximate surface area is 119 Å². The molecule has 0 aliphatic rings. The third-order valence-corrected chi connectivity index (χ3v) is 3.24. The molecule has 0 fully saturated rings. The maximum absolute atomic E-state index is 11.8. The van der Waals surface area contributed by atoms with Crippen molar-refractivity contribution in [1.29, 1.82) is 0 Å². The van der Waals surface area contributed by atoms with Crippen molar-refractivity contribution in [2.75, 3.05) is 5.32 Å². The van der Waals surface area contributed by atoms with E-state index in [-0.39, 0.29) is 11.3 Å². The maximum Gasteiger partial charge on any atom is 0.241 e. The SMILES string of the molecule is CCC(N)C(=O)Nc1ccc2nc(C(C)(C)C)[nH]c2c1.